The molecular formula is C22H19FN6O4. The number of carbonyl (C=O) groups is 1. The maximum Gasteiger partial charge on any atom is 0.269 e. The van der Waals surface area contributed by atoms with Gasteiger partial charge in [0.15, 0.2) is 5.65 Å². The summed E-state index contributed by atoms with van der Waals surface area (Å²) in [5.41, 5.74) is 1.03. The summed E-state index contributed by atoms with van der Waals surface area (Å²) < 4.78 is 16.7. The van der Waals surface area contributed by atoms with Crippen molar-refractivity contribution in [3.63, 3.8) is 0 Å². The number of nitrogens with one attached hydrogen (secondary N) is 1. The largest absolute Gasteiger partial charge is 0.354 e. The zero-order valence-electron chi connectivity index (χ0n) is 17.3. The topological polar surface area (TPSA) is 125 Å². The minimum absolute atomic E-state index is 0.0369. The first kappa shape index (κ1) is 21.8. The third-order valence-corrected chi connectivity index (χ3v) is 5.08. The van der Waals surface area contributed by atoms with Gasteiger partial charge < -0.3 is 5.32 Å². The van der Waals surface area contributed by atoms with Crippen LogP contribution < -0.4 is 10.9 Å². The summed E-state index contributed by atoms with van der Waals surface area (Å²) in [6, 6.07) is 12.0. The first-order chi connectivity index (χ1) is 15.9. The number of nitro groups is 1. The van der Waals surface area contributed by atoms with E-state index >= 15 is 0 Å². The summed E-state index contributed by atoms with van der Waals surface area (Å²) in [6.07, 6.45) is 2.83. The van der Waals surface area contributed by atoms with Gasteiger partial charge >= 0.3 is 0 Å². The molecule has 0 bridgehead atoms. The van der Waals surface area contributed by atoms with Gasteiger partial charge in [-0.05, 0) is 11.6 Å². The first-order valence-corrected chi connectivity index (χ1v) is 10.1. The molecule has 0 unspecified atom stereocenters. The number of fused-ring (bicyclic) bond motifs is 1. The number of nitrogens with zero attached hydrogens (tertiary/aromatic N) is 5. The summed E-state index contributed by atoms with van der Waals surface area (Å²) in [5, 5.41) is 17.9. The molecule has 11 heteroatoms. The van der Waals surface area contributed by atoms with Crippen LogP contribution in [0.15, 0.2) is 65.8 Å². The number of halogens is 1. The van der Waals surface area contributed by atoms with Crippen LogP contribution in [0.2, 0.25) is 0 Å². The SMILES string of the molecule is O=C(Cc1ccc([N+](=O)[O-])cc1)NCCn1ncc2c(=O)n(Cc3ccccc3F)cnc21. The van der Waals surface area contributed by atoms with Crippen LogP contribution in [0, 0.1) is 15.9 Å². The average Bonchev–Trinajstić information content (AvgIpc) is 3.21. The molecule has 0 radical (unpaired) electrons. The highest BCUT2D eigenvalue weighted by atomic mass is 19.1. The van der Waals surface area contributed by atoms with E-state index < -0.39 is 10.7 Å². The third kappa shape index (κ3) is 4.92. The lowest BCUT2D eigenvalue weighted by Gasteiger charge is -2.08. The van der Waals surface area contributed by atoms with Crippen LogP contribution in [0.5, 0.6) is 0 Å². The minimum Gasteiger partial charge on any atom is -0.354 e. The number of non-ortho nitro benzene ring substituents is 1. The number of aromatic nitrogens is 4. The van der Waals surface area contributed by atoms with Crippen LogP contribution >= 0.6 is 0 Å². The number of hydrogen-bond acceptors (Lipinski definition) is 6. The van der Waals surface area contributed by atoms with E-state index in [0.717, 1.165) is 0 Å². The molecule has 33 heavy (non-hydrogen) atoms. The number of nitro benzene ring substituents is 1. The summed E-state index contributed by atoms with van der Waals surface area (Å²) in [7, 11) is 0. The van der Waals surface area contributed by atoms with Gasteiger partial charge in [0.2, 0.25) is 5.91 Å². The quantitative estimate of drug-likeness (QED) is 0.324. The number of rotatable bonds is 8. The van der Waals surface area contributed by atoms with E-state index in [1.165, 1.54) is 52.1 Å². The molecule has 2 heterocycles. The summed E-state index contributed by atoms with van der Waals surface area (Å²) in [5.74, 6) is -0.648. The lowest BCUT2D eigenvalue weighted by molar-refractivity contribution is -0.384. The average molecular weight is 450 g/mol. The summed E-state index contributed by atoms with van der Waals surface area (Å²) in [6.45, 7) is 0.597. The second-order valence-corrected chi connectivity index (χ2v) is 7.32. The fourth-order valence-corrected chi connectivity index (χ4v) is 3.37. The molecule has 1 amide bonds. The Labute approximate surface area is 186 Å². The van der Waals surface area contributed by atoms with Crippen molar-refractivity contribution in [3.05, 3.63) is 98.5 Å². The van der Waals surface area contributed by atoms with Crippen LogP contribution in [0.1, 0.15) is 11.1 Å². The standard InChI is InChI=1S/C22H19FN6O4/c23-19-4-2-1-3-16(19)13-27-14-25-21-18(22(27)31)12-26-28(21)10-9-24-20(30)11-15-5-7-17(8-6-15)29(32)33/h1-8,12,14H,9-11,13H2,(H,24,30). The fourth-order valence-electron chi connectivity index (χ4n) is 3.37. The van der Waals surface area contributed by atoms with Crippen LogP contribution in [0.25, 0.3) is 11.0 Å². The molecule has 10 nitrogen and oxygen atoms in total. The number of benzene rings is 2. The molecule has 0 atom stereocenters. The van der Waals surface area contributed by atoms with Crippen molar-refractivity contribution in [2.45, 2.75) is 19.5 Å². The van der Waals surface area contributed by atoms with Crippen molar-refractivity contribution in [2.24, 2.45) is 0 Å². The van der Waals surface area contributed by atoms with Crippen molar-refractivity contribution in [1.29, 1.82) is 0 Å². The highest BCUT2D eigenvalue weighted by molar-refractivity contribution is 5.78. The van der Waals surface area contributed by atoms with Gasteiger partial charge in [0.05, 0.1) is 30.6 Å². The van der Waals surface area contributed by atoms with Crippen molar-refractivity contribution in [3.8, 4) is 0 Å². The van der Waals surface area contributed by atoms with Gasteiger partial charge in [-0.2, -0.15) is 5.10 Å². The second kappa shape index (κ2) is 9.39. The van der Waals surface area contributed by atoms with E-state index in [1.54, 1.807) is 18.2 Å². The molecule has 0 saturated heterocycles. The van der Waals surface area contributed by atoms with Crippen molar-refractivity contribution >= 4 is 22.6 Å². The Hall–Kier alpha value is -4.41. The fraction of sp³-hybridized carbons (Fsp3) is 0.182. The van der Waals surface area contributed by atoms with Gasteiger partial charge in [-0.3, -0.25) is 24.3 Å². The minimum atomic E-state index is -0.499. The lowest BCUT2D eigenvalue weighted by Crippen LogP contribution is -2.29. The van der Waals surface area contributed by atoms with Crippen LogP contribution in [-0.4, -0.2) is 36.7 Å². The highest BCUT2D eigenvalue weighted by Gasteiger charge is 2.12. The normalized spacial score (nSPS) is 10.9. The molecule has 168 valence electrons. The third-order valence-electron chi connectivity index (χ3n) is 5.08. The predicted molar refractivity (Wildman–Crippen MR) is 117 cm³/mol. The maximum absolute atomic E-state index is 13.9. The Balaban J connectivity index is 1.37. The van der Waals surface area contributed by atoms with Crippen molar-refractivity contribution < 1.29 is 14.1 Å². The molecule has 0 aliphatic heterocycles. The zero-order valence-corrected chi connectivity index (χ0v) is 17.3. The Bertz CT molecular complexity index is 1380. The lowest BCUT2D eigenvalue weighted by atomic mass is 10.1. The van der Waals surface area contributed by atoms with E-state index in [1.807, 2.05) is 0 Å². The van der Waals surface area contributed by atoms with Gasteiger partial charge in [-0.1, -0.05) is 30.3 Å². The number of amides is 1. The Morgan fingerprint density at radius 2 is 1.91 bits per heavy atom. The summed E-state index contributed by atoms with van der Waals surface area (Å²) >= 11 is 0. The molecule has 0 fully saturated rings. The second-order valence-electron chi connectivity index (χ2n) is 7.32. The van der Waals surface area contributed by atoms with E-state index in [0.29, 0.717) is 28.7 Å². The number of hydrogen-bond donors (Lipinski definition) is 1. The van der Waals surface area contributed by atoms with Gasteiger partial charge in [0.1, 0.15) is 17.5 Å². The van der Waals surface area contributed by atoms with Gasteiger partial charge in [0.25, 0.3) is 11.2 Å². The van der Waals surface area contributed by atoms with E-state index in [9.17, 15) is 24.1 Å². The molecule has 0 spiro atoms. The molecule has 0 aliphatic rings. The van der Waals surface area contributed by atoms with E-state index in [4.69, 9.17) is 0 Å². The molecule has 1 N–H and O–H groups in total. The van der Waals surface area contributed by atoms with Gasteiger partial charge in [-0.25, -0.2) is 14.1 Å². The molecular weight excluding hydrogens is 431 g/mol. The van der Waals surface area contributed by atoms with Crippen LogP contribution in [0.3, 0.4) is 0 Å². The molecule has 4 aromatic rings. The van der Waals surface area contributed by atoms with E-state index in [2.05, 4.69) is 15.4 Å². The Kier molecular flexibility index (Phi) is 6.20. The predicted octanol–water partition coefficient (Wildman–Crippen LogP) is 2.05. The van der Waals surface area contributed by atoms with Gasteiger partial charge in [-0.15, -0.1) is 0 Å². The maximum atomic E-state index is 13.9. The molecule has 2 aromatic carbocycles. The highest BCUT2D eigenvalue weighted by Crippen LogP contribution is 2.12. The monoisotopic (exact) mass is 450 g/mol. The van der Waals surface area contributed by atoms with Gasteiger partial charge in [0, 0.05) is 24.2 Å². The number of carbonyl (C=O) groups excluding carboxylic acids is 1. The van der Waals surface area contributed by atoms with Crippen molar-refractivity contribution in [1.82, 2.24) is 24.6 Å². The van der Waals surface area contributed by atoms with Crippen LogP contribution in [0.4, 0.5) is 10.1 Å². The van der Waals surface area contributed by atoms with Crippen LogP contribution in [-0.2, 0) is 24.3 Å². The zero-order chi connectivity index (χ0) is 23.4. The first-order valence-electron chi connectivity index (χ1n) is 10.1. The Morgan fingerprint density at radius 1 is 1.15 bits per heavy atom. The molecule has 0 saturated carbocycles. The smallest absolute Gasteiger partial charge is 0.269 e. The summed E-state index contributed by atoms with van der Waals surface area (Å²) in [4.78, 5) is 39.4. The van der Waals surface area contributed by atoms with E-state index in [-0.39, 0.29) is 36.7 Å². The Morgan fingerprint density at radius 3 is 2.64 bits per heavy atom. The molecule has 0 aliphatic carbocycles. The molecule has 4 rings (SSSR count). The molecule has 2 aromatic heterocycles. The van der Waals surface area contributed by atoms with Crippen molar-refractivity contribution in [2.75, 3.05) is 6.54 Å².